The summed E-state index contributed by atoms with van der Waals surface area (Å²) in [7, 11) is 1.87. The molecule has 0 aromatic carbocycles. The Kier molecular flexibility index (Phi) is 5.73. The number of aryl methyl sites for hydroxylation is 1. The third-order valence-electron chi connectivity index (χ3n) is 3.34. The van der Waals surface area contributed by atoms with Gasteiger partial charge >= 0.3 is 0 Å². The highest BCUT2D eigenvalue weighted by Crippen LogP contribution is 2.32. The van der Waals surface area contributed by atoms with Crippen molar-refractivity contribution in [2.24, 2.45) is 0 Å². The maximum Gasteiger partial charge on any atom is 0.263 e. The van der Waals surface area contributed by atoms with Crippen molar-refractivity contribution in [1.29, 1.82) is 0 Å². The molecule has 106 valence electrons. The molecule has 1 aromatic heterocycles. The minimum absolute atomic E-state index is 0.147. The van der Waals surface area contributed by atoms with Gasteiger partial charge < -0.3 is 10.0 Å². The molecule has 0 radical (unpaired) electrons. The molecule has 0 atom stereocenters. The van der Waals surface area contributed by atoms with Crippen LogP contribution < -0.4 is 0 Å². The molecule has 0 saturated carbocycles. The van der Waals surface area contributed by atoms with Crippen LogP contribution in [0.15, 0.2) is 6.07 Å². The maximum absolute atomic E-state index is 12.3. The predicted octanol–water partition coefficient (Wildman–Crippen LogP) is 2.77. The second kappa shape index (κ2) is 7.31. The Morgan fingerprint density at radius 3 is 3.00 bits per heavy atom. The molecule has 1 aliphatic heterocycles. The van der Waals surface area contributed by atoms with Gasteiger partial charge in [0.05, 0.1) is 4.88 Å². The number of nitrogens with zero attached hydrogens (tertiary/aromatic N) is 1. The van der Waals surface area contributed by atoms with Crippen LogP contribution in [-0.4, -0.2) is 41.9 Å². The third-order valence-corrected chi connectivity index (χ3v) is 5.57. The molecule has 0 fully saturated rings. The Morgan fingerprint density at radius 1 is 1.42 bits per heavy atom. The van der Waals surface area contributed by atoms with Gasteiger partial charge in [-0.3, -0.25) is 4.79 Å². The van der Waals surface area contributed by atoms with Gasteiger partial charge in [-0.15, -0.1) is 11.3 Å². The van der Waals surface area contributed by atoms with E-state index >= 15 is 0 Å². The molecular weight excluding hydrogens is 278 g/mol. The number of amides is 1. The first-order valence-corrected chi connectivity index (χ1v) is 8.75. The Balaban J connectivity index is 1.89. The summed E-state index contributed by atoms with van der Waals surface area (Å²) in [5, 5.41) is 8.73. The Labute approximate surface area is 123 Å². The van der Waals surface area contributed by atoms with Gasteiger partial charge in [-0.2, -0.15) is 11.8 Å². The van der Waals surface area contributed by atoms with Crippen molar-refractivity contribution in [1.82, 2.24) is 4.90 Å². The van der Waals surface area contributed by atoms with Crippen molar-refractivity contribution in [3.8, 4) is 0 Å². The summed E-state index contributed by atoms with van der Waals surface area (Å²) in [6.45, 7) is 1.02. The molecule has 19 heavy (non-hydrogen) atoms. The van der Waals surface area contributed by atoms with Crippen LogP contribution in [0.4, 0.5) is 0 Å². The van der Waals surface area contributed by atoms with Crippen molar-refractivity contribution in [2.75, 3.05) is 26.0 Å². The van der Waals surface area contributed by atoms with E-state index in [-0.39, 0.29) is 12.5 Å². The zero-order chi connectivity index (χ0) is 13.7. The van der Waals surface area contributed by atoms with Crippen molar-refractivity contribution >= 4 is 29.0 Å². The van der Waals surface area contributed by atoms with Gasteiger partial charge in [0.1, 0.15) is 0 Å². The van der Waals surface area contributed by atoms with Crippen molar-refractivity contribution in [3.63, 3.8) is 0 Å². The molecule has 0 bridgehead atoms. The van der Waals surface area contributed by atoms with Crippen molar-refractivity contribution < 1.29 is 9.90 Å². The fourth-order valence-electron chi connectivity index (χ4n) is 2.18. The van der Waals surface area contributed by atoms with Gasteiger partial charge in [-0.25, -0.2) is 0 Å². The third kappa shape index (κ3) is 3.97. The zero-order valence-electron chi connectivity index (χ0n) is 11.4. The molecule has 3 nitrogen and oxygen atoms in total. The van der Waals surface area contributed by atoms with Gasteiger partial charge in [-0.1, -0.05) is 0 Å². The molecule has 0 aliphatic carbocycles. The summed E-state index contributed by atoms with van der Waals surface area (Å²) < 4.78 is 0. The van der Waals surface area contributed by atoms with Gasteiger partial charge in [-0.05, 0) is 43.1 Å². The van der Waals surface area contributed by atoms with E-state index < -0.39 is 0 Å². The lowest BCUT2D eigenvalue weighted by atomic mass is 10.2. The summed E-state index contributed by atoms with van der Waals surface area (Å²) in [5.74, 6) is 2.38. The number of unbranched alkanes of at least 4 members (excludes halogenated alkanes) is 2. The van der Waals surface area contributed by atoms with Crippen LogP contribution in [0.3, 0.4) is 0 Å². The number of hydrogen-bond acceptors (Lipinski definition) is 4. The van der Waals surface area contributed by atoms with Crippen molar-refractivity contribution in [2.45, 2.75) is 31.4 Å². The largest absolute Gasteiger partial charge is 0.396 e. The zero-order valence-corrected chi connectivity index (χ0v) is 13.0. The lowest BCUT2D eigenvalue weighted by Crippen LogP contribution is -2.27. The second-order valence-electron chi connectivity index (χ2n) is 4.87. The highest BCUT2D eigenvalue weighted by Gasteiger charge is 2.19. The topological polar surface area (TPSA) is 40.5 Å². The SMILES string of the molecule is CN(CCCCCO)C(=O)c1cc2c(s1)CCSC2. The molecule has 1 amide bonds. The van der Waals surface area contributed by atoms with Gasteiger partial charge in [0, 0.05) is 30.8 Å². The molecule has 1 aromatic rings. The maximum atomic E-state index is 12.3. The number of carbonyl (C=O) groups excluding carboxylic acids is 1. The minimum Gasteiger partial charge on any atom is -0.396 e. The molecule has 2 rings (SSSR count). The number of thiophene rings is 1. The average Bonchev–Trinajstić information content (AvgIpc) is 2.86. The van der Waals surface area contributed by atoms with E-state index in [1.54, 1.807) is 11.3 Å². The summed E-state index contributed by atoms with van der Waals surface area (Å²) >= 11 is 3.62. The van der Waals surface area contributed by atoms with Gasteiger partial charge in [0.25, 0.3) is 5.91 Å². The molecule has 1 aliphatic rings. The van der Waals surface area contributed by atoms with Crippen LogP contribution >= 0.6 is 23.1 Å². The molecule has 0 saturated heterocycles. The smallest absolute Gasteiger partial charge is 0.263 e. The molecule has 0 spiro atoms. The summed E-state index contributed by atoms with van der Waals surface area (Å²) in [6.07, 6.45) is 3.88. The first-order valence-electron chi connectivity index (χ1n) is 6.78. The van der Waals surface area contributed by atoms with Crippen LogP contribution in [0, 0.1) is 0 Å². The standard InChI is InChI=1S/C14H21NO2S2/c1-15(6-3-2-4-7-16)14(17)13-9-11-10-18-8-5-12(11)19-13/h9,16H,2-8,10H2,1H3. The lowest BCUT2D eigenvalue weighted by Gasteiger charge is -2.15. The fourth-order valence-corrected chi connectivity index (χ4v) is 4.55. The van der Waals surface area contributed by atoms with Gasteiger partial charge in [0.2, 0.25) is 0 Å². The lowest BCUT2D eigenvalue weighted by molar-refractivity contribution is 0.0797. The summed E-state index contributed by atoms with van der Waals surface area (Å²) in [6, 6.07) is 2.08. The van der Waals surface area contributed by atoms with E-state index in [0.29, 0.717) is 0 Å². The normalized spacial score (nSPS) is 14.2. The number of fused-ring (bicyclic) bond motifs is 1. The Morgan fingerprint density at radius 2 is 2.26 bits per heavy atom. The second-order valence-corrected chi connectivity index (χ2v) is 7.11. The highest BCUT2D eigenvalue weighted by atomic mass is 32.2. The molecule has 2 heterocycles. The van der Waals surface area contributed by atoms with Crippen LogP contribution in [0.1, 0.15) is 39.4 Å². The van der Waals surface area contributed by atoms with E-state index in [9.17, 15) is 4.79 Å². The summed E-state index contributed by atoms with van der Waals surface area (Å²) in [4.78, 5) is 16.4. The molecular formula is C14H21NO2S2. The number of carbonyl (C=O) groups is 1. The van der Waals surface area contributed by atoms with Crippen LogP contribution in [0.2, 0.25) is 0 Å². The number of aliphatic hydroxyl groups is 1. The van der Waals surface area contributed by atoms with E-state index in [2.05, 4.69) is 6.07 Å². The van der Waals surface area contributed by atoms with Crippen LogP contribution in [-0.2, 0) is 12.2 Å². The van der Waals surface area contributed by atoms with Gasteiger partial charge in [0.15, 0.2) is 0 Å². The van der Waals surface area contributed by atoms with E-state index in [1.807, 2.05) is 23.7 Å². The van der Waals surface area contributed by atoms with E-state index in [0.717, 1.165) is 42.9 Å². The van der Waals surface area contributed by atoms with Crippen LogP contribution in [0.5, 0.6) is 0 Å². The monoisotopic (exact) mass is 299 g/mol. The molecule has 5 heteroatoms. The first kappa shape index (κ1) is 14.9. The first-order chi connectivity index (χ1) is 9.22. The van der Waals surface area contributed by atoms with Crippen molar-refractivity contribution in [3.05, 3.63) is 21.4 Å². The molecule has 1 N–H and O–H groups in total. The number of thioether (sulfide) groups is 1. The Bertz CT molecular complexity index is 408. The molecule has 0 unspecified atom stereocenters. The quantitative estimate of drug-likeness (QED) is 0.821. The fraction of sp³-hybridized carbons (Fsp3) is 0.643. The Hall–Kier alpha value is -0.520. The van der Waals surface area contributed by atoms with Crippen LogP contribution in [0.25, 0.3) is 0 Å². The van der Waals surface area contributed by atoms with E-state index in [4.69, 9.17) is 5.11 Å². The number of rotatable bonds is 6. The number of hydrogen-bond donors (Lipinski definition) is 1. The predicted molar refractivity (Wildman–Crippen MR) is 82.1 cm³/mol. The average molecular weight is 299 g/mol. The minimum atomic E-state index is 0.147. The highest BCUT2D eigenvalue weighted by molar-refractivity contribution is 7.98. The number of aliphatic hydroxyl groups excluding tert-OH is 1. The summed E-state index contributed by atoms with van der Waals surface area (Å²) in [5.41, 5.74) is 1.36. The van der Waals surface area contributed by atoms with E-state index in [1.165, 1.54) is 16.2 Å².